The lowest BCUT2D eigenvalue weighted by Crippen LogP contribution is -2.47. The second-order valence-electron chi connectivity index (χ2n) is 7.59. The molecule has 7 heteroatoms. The molecule has 1 aromatic carbocycles. The summed E-state index contributed by atoms with van der Waals surface area (Å²) >= 11 is 0. The molecule has 0 radical (unpaired) electrons. The van der Waals surface area contributed by atoms with Gasteiger partial charge >= 0.3 is 6.03 Å². The number of aliphatic hydroxyl groups is 1. The molecule has 1 aliphatic rings. The Kier molecular flexibility index (Phi) is 5.32. The zero-order chi connectivity index (χ0) is 19.6. The predicted molar refractivity (Wildman–Crippen MR) is 104 cm³/mol. The molecule has 0 fully saturated rings. The fourth-order valence-corrected chi connectivity index (χ4v) is 3.34. The van der Waals surface area contributed by atoms with Crippen LogP contribution in [-0.2, 0) is 12.1 Å². The topological polar surface area (TPSA) is 90.4 Å². The minimum atomic E-state index is -0.535. The number of nitrogens with one attached hydrogen (secondary N) is 2. The zero-order valence-electron chi connectivity index (χ0n) is 16.2. The SMILES string of the molecule is CC(C)Nc1ncc2c(n1)CN(C(=O)N[C@H](CO)c1ccccc1)C2(C)C. The summed E-state index contributed by atoms with van der Waals surface area (Å²) in [6, 6.07) is 8.99. The third-order valence-corrected chi connectivity index (χ3v) is 4.85. The highest BCUT2D eigenvalue weighted by Gasteiger charge is 2.42. The number of fused-ring (bicyclic) bond motifs is 1. The molecule has 0 aliphatic carbocycles. The Morgan fingerprint density at radius 2 is 2.00 bits per heavy atom. The lowest BCUT2D eigenvalue weighted by Gasteiger charge is -2.33. The second-order valence-corrected chi connectivity index (χ2v) is 7.59. The van der Waals surface area contributed by atoms with Crippen molar-refractivity contribution >= 4 is 12.0 Å². The number of benzene rings is 1. The first-order valence-electron chi connectivity index (χ1n) is 9.19. The van der Waals surface area contributed by atoms with Crippen LogP contribution in [0.1, 0.15) is 50.6 Å². The van der Waals surface area contributed by atoms with Gasteiger partial charge in [-0.2, -0.15) is 0 Å². The minimum absolute atomic E-state index is 0.167. The number of anilines is 1. The summed E-state index contributed by atoms with van der Waals surface area (Å²) in [6.45, 7) is 8.25. The Morgan fingerprint density at radius 1 is 1.30 bits per heavy atom. The molecule has 3 rings (SSSR count). The van der Waals surface area contributed by atoms with Gasteiger partial charge in [0.05, 0.1) is 30.4 Å². The van der Waals surface area contributed by atoms with Crippen molar-refractivity contribution in [3.63, 3.8) is 0 Å². The third kappa shape index (κ3) is 3.88. The summed E-state index contributed by atoms with van der Waals surface area (Å²) in [7, 11) is 0. The Labute approximate surface area is 159 Å². The molecule has 0 unspecified atom stereocenters. The predicted octanol–water partition coefficient (Wildman–Crippen LogP) is 2.79. The molecule has 7 nitrogen and oxygen atoms in total. The molecule has 0 bridgehead atoms. The first-order chi connectivity index (χ1) is 12.8. The van der Waals surface area contributed by atoms with E-state index < -0.39 is 11.6 Å². The number of aromatic nitrogens is 2. The number of hydrogen-bond donors (Lipinski definition) is 3. The van der Waals surface area contributed by atoms with E-state index in [1.807, 2.05) is 58.0 Å². The molecular formula is C20H27N5O2. The van der Waals surface area contributed by atoms with Crippen LogP contribution in [0.25, 0.3) is 0 Å². The number of carbonyl (C=O) groups is 1. The van der Waals surface area contributed by atoms with Crippen LogP contribution in [0.15, 0.2) is 36.5 Å². The normalized spacial score (nSPS) is 16.1. The lowest BCUT2D eigenvalue weighted by atomic mass is 9.97. The van der Waals surface area contributed by atoms with Crippen molar-refractivity contribution < 1.29 is 9.90 Å². The van der Waals surface area contributed by atoms with Crippen molar-refractivity contribution in [1.29, 1.82) is 0 Å². The molecule has 27 heavy (non-hydrogen) atoms. The van der Waals surface area contributed by atoms with E-state index in [2.05, 4.69) is 20.6 Å². The Balaban J connectivity index is 1.79. The van der Waals surface area contributed by atoms with Crippen molar-refractivity contribution in [1.82, 2.24) is 20.2 Å². The Morgan fingerprint density at radius 3 is 2.63 bits per heavy atom. The van der Waals surface area contributed by atoms with E-state index in [0.29, 0.717) is 12.5 Å². The maximum atomic E-state index is 13.0. The number of hydrogen-bond acceptors (Lipinski definition) is 5. The van der Waals surface area contributed by atoms with Crippen molar-refractivity contribution in [2.75, 3.05) is 11.9 Å². The summed E-state index contributed by atoms with van der Waals surface area (Å²) in [5, 5.41) is 15.9. The fourth-order valence-electron chi connectivity index (χ4n) is 3.34. The number of carbonyl (C=O) groups excluding carboxylic acids is 1. The molecule has 1 atom stereocenters. The molecule has 1 aromatic heterocycles. The van der Waals surface area contributed by atoms with Gasteiger partial charge in [0.2, 0.25) is 5.95 Å². The number of aliphatic hydroxyl groups excluding tert-OH is 1. The van der Waals surface area contributed by atoms with E-state index >= 15 is 0 Å². The lowest BCUT2D eigenvalue weighted by molar-refractivity contribution is 0.136. The smallest absolute Gasteiger partial charge is 0.319 e. The molecule has 2 heterocycles. The van der Waals surface area contributed by atoms with Gasteiger partial charge in [-0.05, 0) is 33.3 Å². The van der Waals surface area contributed by atoms with E-state index in [0.717, 1.165) is 16.8 Å². The van der Waals surface area contributed by atoms with Gasteiger partial charge in [0.1, 0.15) is 0 Å². The standard InChI is InChI=1S/C20H27N5O2/c1-13(2)22-18-21-10-15-16(23-18)11-25(20(15,3)4)19(27)24-17(12-26)14-8-6-5-7-9-14/h5-10,13,17,26H,11-12H2,1-4H3,(H,24,27)(H,21,22,23)/t17-/m1/s1. The monoisotopic (exact) mass is 369 g/mol. The summed E-state index contributed by atoms with van der Waals surface area (Å²) in [5.41, 5.74) is 2.11. The van der Waals surface area contributed by atoms with Crippen molar-refractivity contribution in [2.45, 2.75) is 51.9 Å². The largest absolute Gasteiger partial charge is 0.394 e. The highest BCUT2D eigenvalue weighted by atomic mass is 16.3. The minimum Gasteiger partial charge on any atom is -0.394 e. The van der Waals surface area contributed by atoms with Gasteiger partial charge in [0.25, 0.3) is 0 Å². The van der Waals surface area contributed by atoms with Crippen LogP contribution in [0.2, 0.25) is 0 Å². The van der Waals surface area contributed by atoms with Gasteiger partial charge in [0, 0.05) is 17.8 Å². The van der Waals surface area contributed by atoms with E-state index in [9.17, 15) is 9.90 Å². The zero-order valence-corrected chi connectivity index (χ0v) is 16.2. The van der Waals surface area contributed by atoms with Gasteiger partial charge in [-0.3, -0.25) is 0 Å². The highest BCUT2D eigenvalue weighted by molar-refractivity contribution is 5.77. The molecule has 2 aromatic rings. The van der Waals surface area contributed by atoms with Crippen LogP contribution >= 0.6 is 0 Å². The fraction of sp³-hybridized carbons (Fsp3) is 0.450. The number of nitrogens with zero attached hydrogens (tertiary/aromatic N) is 3. The average Bonchev–Trinajstić information content (AvgIpc) is 2.90. The number of rotatable bonds is 5. The number of amides is 2. The van der Waals surface area contributed by atoms with Gasteiger partial charge in [0.15, 0.2) is 0 Å². The van der Waals surface area contributed by atoms with Gasteiger partial charge in [-0.1, -0.05) is 30.3 Å². The highest BCUT2D eigenvalue weighted by Crippen LogP contribution is 2.38. The summed E-state index contributed by atoms with van der Waals surface area (Å²) in [6.07, 6.45) is 1.79. The quantitative estimate of drug-likeness (QED) is 0.754. The van der Waals surface area contributed by atoms with E-state index in [-0.39, 0.29) is 18.7 Å². The van der Waals surface area contributed by atoms with Crippen LogP contribution in [0.3, 0.4) is 0 Å². The maximum absolute atomic E-state index is 13.0. The van der Waals surface area contributed by atoms with E-state index in [1.165, 1.54) is 0 Å². The summed E-state index contributed by atoms with van der Waals surface area (Å²) < 4.78 is 0. The number of urea groups is 1. The molecule has 1 aliphatic heterocycles. The Bertz CT molecular complexity index is 807. The van der Waals surface area contributed by atoms with E-state index in [1.54, 1.807) is 11.1 Å². The van der Waals surface area contributed by atoms with Gasteiger partial charge in [-0.25, -0.2) is 14.8 Å². The molecule has 3 N–H and O–H groups in total. The van der Waals surface area contributed by atoms with Crippen molar-refractivity contribution in [2.24, 2.45) is 0 Å². The second kappa shape index (κ2) is 7.52. The Hall–Kier alpha value is -2.67. The molecule has 0 spiro atoms. The summed E-state index contributed by atoms with van der Waals surface area (Å²) in [4.78, 5) is 23.7. The van der Waals surface area contributed by atoms with Crippen LogP contribution in [-0.4, -0.2) is 38.7 Å². The van der Waals surface area contributed by atoms with E-state index in [4.69, 9.17) is 0 Å². The van der Waals surface area contributed by atoms with Gasteiger partial charge in [-0.15, -0.1) is 0 Å². The molecule has 144 valence electrons. The third-order valence-electron chi connectivity index (χ3n) is 4.85. The van der Waals surface area contributed by atoms with Crippen LogP contribution < -0.4 is 10.6 Å². The maximum Gasteiger partial charge on any atom is 0.319 e. The molecule has 0 saturated heterocycles. The van der Waals surface area contributed by atoms with Crippen molar-refractivity contribution in [3.05, 3.63) is 53.3 Å². The molecule has 0 saturated carbocycles. The van der Waals surface area contributed by atoms with Crippen LogP contribution in [0.5, 0.6) is 0 Å². The first kappa shape index (κ1) is 19.1. The van der Waals surface area contributed by atoms with Crippen LogP contribution in [0.4, 0.5) is 10.7 Å². The van der Waals surface area contributed by atoms with Crippen molar-refractivity contribution in [3.8, 4) is 0 Å². The molecule has 2 amide bonds. The summed E-state index contributed by atoms with van der Waals surface area (Å²) in [5.74, 6) is 0.569. The molecular weight excluding hydrogens is 342 g/mol. The van der Waals surface area contributed by atoms with Gasteiger partial charge < -0.3 is 20.6 Å². The average molecular weight is 369 g/mol. The van der Waals surface area contributed by atoms with Crippen LogP contribution in [0, 0.1) is 0 Å². The first-order valence-corrected chi connectivity index (χ1v) is 9.19.